The largest absolute Gasteiger partial charge is 0.302 e. The minimum absolute atomic E-state index is 0.0471. The van der Waals surface area contributed by atoms with Crippen LogP contribution in [0.5, 0.6) is 0 Å². The van der Waals surface area contributed by atoms with Gasteiger partial charge in [0, 0.05) is 16.0 Å². The minimum atomic E-state index is -0.0471. The minimum Gasteiger partial charge on any atom is -0.302 e. The Morgan fingerprint density at radius 3 is 2.81 bits per heavy atom. The number of nitrogens with zero attached hydrogens (tertiary/aromatic N) is 4. The zero-order valence-corrected chi connectivity index (χ0v) is 13.8. The average molecular weight is 301 g/mol. The van der Waals surface area contributed by atoms with Crippen LogP contribution in [0.3, 0.4) is 0 Å². The van der Waals surface area contributed by atoms with E-state index in [1.54, 1.807) is 22.2 Å². The number of hydrogen-bond donors (Lipinski definition) is 1. The van der Waals surface area contributed by atoms with Crippen LogP contribution in [0.4, 0.5) is 0 Å². The Morgan fingerprint density at radius 2 is 2.05 bits per heavy atom. The molecule has 4 heterocycles. The van der Waals surface area contributed by atoms with Crippen molar-refractivity contribution < 1.29 is 0 Å². The molecule has 0 atom stereocenters. The Kier molecular flexibility index (Phi) is 2.39. The lowest BCUT2D eigenvalue weighted by atomic mass is 9.82. The van der Waals surface area contributed by atoms with E-state index in [9.17, 15) is 0 Å². The monoisotopic (exact) mass is 301 g/mol. The first kappa shape index (κ1) is 13.2. The molecule has 0 unspecified atom stereocenters. The maximum atomic E-state index is 4.62. The lowest BCUT2D eigenvalue weighted by Gasteiger charge is -2.42. The molecule has 1 aliphatic rings. The van der Waals surface area contributed by atoms with Crippen molar-refractivity contribution in [3.63, 3.8) is 0 Å². The van der Waals surface area contributed by atoms with E-state index in [2.05, 4.69) is 48.1 Å². The predicted octanol–water partition coefficient (Wildman–Crippen LogP) is 2.81. The number of fused-ring (bicyclic) bond motifs is 5. The van der Waals surface area contributed by atoms with Crippen LogP contribution < -0.4 is 5.32 Å². The van der Waals surface area contributed by atoms with Crippen molar-refractivity contribution in [3.8, 4) is 0 Å². The van der Waals surface area contributed by atoms with Gasteiger partial charge in [-0.3, -0.25) is 0 Å². The second kappa shape index (κ2) is 3.81. The summed E-state index contributed by atoms with van der Waals surface area (Å²) < 4.78 is 1.80. The van der Waals surface area contributed by atoms with E-state index in [-0.39, 0.29) is 11.1 Å². The highest BCUT2D eigenvalue weighted by Crippen LogP contribution is 2.43. The third kappa shape index (κ3) is 1.82. The predicted molar refractivity (Wildman–Crippen MR) is 84.8 cm³/mol. The van der Waals surface area contributed by atoms with Gasteiger partial charge in [-0.15, -0.1) is 11.3 Å². The van der Waals surface area contributed by atoms with Crippen molar-refractivity contribution in [2.45, 2.75) is 52.1 Å². The van der Waals surface area contributed by atoms with E-state index < -0.39 is 0 Å². The van der Waals surface area contributed by atoms with Crippen LogP contribution in [-0.2, 0) is 12.0 Å². The van der Waals surface area contributed by atoms with Gasteiger partial charge in [0.2, 0.25) is 0 Å². The molecule has 1 aliphatic heterocycles. The summed E-state index contributed by atoms with van der Waals surface area (Å²) in [6.07, 6.45) is 2.75. The summed E-state index contributed by atoms with van der Waals surface area (Å²) in [5.41, 5.74) is 2.33. The number of thiophene rings is 1. The summed E-state index contributed by atoms with van der Waals surface area (Å²) in [4.78, 5) is 11.6. The molecule has 0 spiro atoms. The van der Waals surface area contributed by atoms with Gasteiger partial charge in [0.25, 0.3) is 0 Å². The molecule has 0 aromatic carbocycles. The van der Waals surface area contributed by atoms with E-state index in [1.807, 2.05) is 6.92 Å². The topological polar surface area (TPSA) is 55.1 Å². The van der Waals surface area contributed by atoms with Gasteiger partial charge in [0.05, 0.1) is 5.39 Å². The Bertz CT molecular complexity index is 871. The molecule has 0 amide bonds. The van der Waals surface area contributed by atoms with Crippen LogP contribution in [0.1, 0.15) is 44.0 Å². The summed E-state index contributed by atoms with van der Waals surface area (Å²) in [7, 11) is 0. The Balaban J connectivity index is 2.14. The van der Waals surface area contributed by atoms with E-state index in [4.69, 9.17) is 0 Å². The highest BCUT2D eigenvalue weighted by atomic mass is 32.1. The molecule has 0 radical (unpaired) electrons. The molecular formula is C15H19N5S. The second-order valence-corrected chi connectivity index (χ2v) is 8.07. The molecule has 0 aliphatic carbocycles. The van der Waals surface area contributed by atoms with Gasteiger partial charge >= 0.3 is 0 Å². The fourth-order valence-corrected chi connectivity index (χ4v) is 4.84. The molecule has 4 rings (SSSR count). The maximum absolute atomic E-state index is 4.62. The Hall–Kier alpha value is -1.53. The van der Waals surface area contributed by atoms with Gasteiger partial charge in [-0.25, -0.2) is 14.5 Å². The van der Waals surface area contributed by atoms with Crippen LogP contribution >= 0.6 is 11.3 Å². The number of hydrogen-bond acceptors (Lipinski definition) is 5. The normalized spacial score (nSPS) is 20.0. The van der Waals surface area contributed by atoms with E-state index in [1.165, 1.54) is 15.8 Å². The molecule has 1 N–H and O–H groups in total. The van der Waals surface area contributed by atoms with Crippen molar-refractivity contribution in [1.82, 2.24) is 24.9 Å². The summed E-state index contributed by atoms with van der Waals surface area (Å²) in [5, 5.41) is 9.32. The number of aromatic nitrogens is 4. The standard InChI is InChI=1S/C15H19N5S/c1-8-17-12-10-9-6-14(2,3)19-15(4,5)11(9)21-13(10)16-7-20(12)18-8/h7,19H,6H2,1-5H3. The molecule has 0 bridgehead atoms. The molecule has 21 heavy (non-hydrogen) atoms. The van der Waals surface area contributed by atoms with E-state index in [0.29, 0.717) is 0 Å². The van der Waals surface area contributed by atoms with Gasteiger partial charge < -0.3 is 5.32 Å². The van der Waals surface area contributed by atoms with Crippen LogP contribution in [0.15, 0.2) is 6.33 Å². The third-order valence-corrected chi connectivity index (χ3v) is 5.53. The lowest BCUT2D eigenvalue weighted by molar-refractivity contribution is 0.248. The maximum Gasteiger partial charge on any atom is 0.167 e. The van der Waals surface area contributed by atoms with Crippen molar-refractivity contribution >= 4 is 27.2 Å². The molecule has 0 saturated carbocycles. The second-order valence-electron chi connectivity index (χ2n) is 7.07. The quantitative estimate of drug-likeness (QED) is 0.694. The zero-order valence-electron chi connectivity index (χ0n) is 13.0. The molecule has 3 aromatic rings. The Morgan fingerprint density at radius 1 is 1.29 bits per heavy atom. The number of aryl methyl sites for hydroxylation is 1. The first-order valence-electron chi connectivity index (χ1n) is 7.20. The van der Waals surface area contributed by atoms with Crippen molar-refractivity contribution in [3.05, 3.63) is 22.6 Å². The van der Waals surface area contributed by atoms with Gasteiger partial charge in [-0.1, -0.05) is 0 Å². The number of rotatable bonds is 0. The first-order valence-corrected chi connectivity index (χ1v) is 8.02. The third-order valence-electron chi connectivity index (χ3n) is 4.07. The first-order chi connectivity index (χ1) is 9.77. The SMILES string of the molecule is Cc1nc2c3c4c(sc3ncn2n1)C(C)(C)NC(C)(C)C4. The fourth-order valence-electron chi connectivity index (χ4n) is 3.62. The fraction of sp³-hybridized carbons (Fsp3) is 0.533. The molecule has 0 saturated heterocycles. The lowest BCUT2D eigenvalue weighted by Crippen LogP contribution is -2.54. The van der Waals surface area contributed by atoms with Crippen molar-refractivity contribution in [1.29, 1.82) is 0 Å². The average Bonchev–Trinajstić information content (AvgIpc) is 2.86. The smallest absolute Gasteiger partial charge is 0.167 e. The summed E-state index contributed by atoms with van der Waals surface area (Å²) in [6, 6.07) is 0. The molecule has 0 fully saturated rings. The van der Waals surface area contributed by atoms with E-state index in [0.717, 1.165) is 22.7 Å². The summed E-state index contributed by atoms with van der Waals surface area (Å²) in [6.45, 7) is 10.9. The molecule has 6 heteroatoms. The molecule has 110 valence electrons. The molecule has 5 nitrogen and oxygen atoms in total. The highest BCUT2D eigenvalue weighted by molar-refractivity contribution is 7.19. The van der Waals surface area contributed by atoms with Gasteiger partial charge in [-0.05, 0) is 46.6 Å². The summed E-state index contributed by atoms with van der Waals surface area (Å²) in [5.74, 6) is 0.789. The molecular weight excluding hydrogens is 282 g/mol. The van der Waals surface area contributed by atoms with Crippen LogP contribution in [0.25, 0.3) is 15.9 Å². The van der Waals surface area contributed by atoms with Crippen LogP contribution in [0.2, 0.25) is 0 Å². The number of nitrogens with one attached hydrogen (secondary N) is 1. The van der Waals surface area contributed by atoms with Gasteiger partial charge in [-0.2, -0.15) is 5.10 Å². The van der Waals surface area contributed by atoms with Crippen LogP contribution in [-0.4, -0.2) is 25.1 Å². The van der Waals surface area contributed by atoms with Crippen molar-refractivity contribution in [2.75, 3.05) is 0 Å². The van der Waals surface area contributed by atoms with E-state index >= 15 is 0 Å². The zero-order chi connectivity index (χ0) is 15.0. The highest BCUT2D eigenvalue weighted by Gasteiger charge is 2.39. The van der Waals surface area contributed by atoms with Crippen molar-refractivity contribution in [2.24, 2.45) is 0 Å². The Labute approximate surface area is 127 Å². The van der Waals surface area contributed by atoms with Gasteiger partial charge in [0.15, 0.2) is 5.65 Å². The molecule has 3 aromatic heterocycles. The van der Waals surface area contributed by atoms with Crippen LogP contribution in [0, 0.1) is 6.92 Å². The summed E-state index contributed by atoms with van der Waals surface area (Å²) >= 11 is 1.78. The van der Waals surface area contributed by atoms with Gasteiger partial charge in [0.1, 0.15) is 17.0 Å².